The first-order valence-corrected chi connectivity index (χ1v) is 7.97. The molecule has 116 valence electrons. The summed E-state index contributed by atoms with van der Waals surface area (Å²) in [5.74, 6) is -0.583. The summed E-state index contributed by atoms with van der Waals surface area (Å²) in [6.45, 7) is 3.29. The van der Waals surface area contributed by atoms with E-state index in [0.29, 0.717) is 5.56 Å². The van der Waals surface area contributed by atoms with Gasteiger partial charge in [0.1, 0.15) is 5.82 Å². The van der Waals surface area contributed by atoms with Gasteiger partial charge in [0.2, 0.25) is 0 Å². The highest BCUT2D eigenvalue weighted by molar-refractivity contribution is 7.10. The van der Waals surface area contributed by atoms with Crippen molar-refractivity contribution >= 4 is 17.0 Å². The molecule has 1 aromatic carbocycles. The largest absolute Gasteiger partial charge is 0.314 e. The number of piperazine rings is 1. The van der Waals surface area contributed by atoms with E-state index in [1.54, 1.807) is 17.4 Å². The van der Waals surface area contributed by atoms with E-state index in [2.05, 4.69) is 10.2 Å². The second kappa shape index (κ2) is 6.51. The van der Waals surface area contributed by atoms with Gasteiger partial charge in [0.25, 0.3) is 5.69 Å². The number of halogens is 1. The number of benzene rings is 1. The molecule has 0 unspecified atom stereocenters. The Morgan fingerprint density at radius 1 is 1.32 bits per heavy atom. The zero-order valence-electron chi connectivity index (χ0n) is 11.9. The number of rotatable bonds is 4. The van der Waals surface area contributed by atoms with Crippen molar-refractivity contribution in [3.05, 3.63) is 62.1 Å². The van der Waals surface area contributed by atoms with Crippen LogP contribution in [-0.4, -0.2) is 36.0 Å². The van der Waals surface area contributed by atoms with Crippen molar-refractivity contribution in [3.63, 3.8) is 0 Å². The first-order chi connectivity index (χ1) is 10.7. The fraction of sp³-hybridized carbons (Fsp3) is 0.333. The number of nitro benzene ring substituents is 1. The Morgan fingerprint density at radius 2 is 2.09 bits per heavy atom. The highest BCUT2D eigenvalue weighted by Gasteiger charge is 2.30. The smallest absolute Gasteiger partial charge is 0.277 e. The maximum atomic E-state index is 13.4. The third kappa shape index (κ3) is 3.01. The summed E-state index contributed by atoms with van der Waals surface area (Å²) in [7, 11) is 0. The lowest BCUT2D eigenvalue weighted by Crippen LogP contribution is -2.45. The highest BCUT2D eigenvalue weighted by atomic mass is 32.1. The van der Waals surface area contributed by atoms with Gasteiger partial charge in [0.15, 0.2) is 0 Å². The average molecular weight is 321 g/mol. The van der Waals surface area contributed by atoms with Crippen LogP contribution in [0.3, 0.4) is 0 Å². The number of nitrogens with one attached hydrogen (secondary N) is 1. The van der Waals surface area contributed by atoms with Crippen LogP contribution in [0.2, 0.25) is 0 Å². The molecule has 0 aliphatic carbocycles. The molecule has 3 rings (SSSR count). The van der Waals surface area contributed by atoms with E-state index in [4.69, 9.17) is 0 Å². The molecule has 1 fully saturated rings. The molecule has 0 radical (unpaired) electrons. The summed E-state index contributed by atoms with van der Waals surface area (Å²) < 4.78 is 13.4. The molecule has 1 aliphatic heterocycles. The number of hydrogen-bond acceptors (Lipinski definition) is 5. The summed E-state index contributed by atoms with van der Waals surface area (Å²) in [5.41, 5.74) is 0.396. The fourth-order valence-corrected chi connectivity index (χ4v) is 3.70. The molecule has 0 saturated carbocycles. The van der Waals surface area contributed by atoms with Crippen LogP contribution in [0.25, 0.3) is 0 Å². The Hall–Kier alpha value is -1.83. The molecule has 0 bridgehead atoms. The van der Waals surface area contributed by atoms with Gasteiger partial charge in [-0.25, -0.2) is 4.39 Å². The minimum Gasteiger partial charge on any atom is -0.314 e. The molecule has 1 aliphatic rings. The monoisotopic (exact) mass is 321 g/mol. The van der Waals surface area contributed by atoms with E-state index in [0.717, 1.165) is 37.1 Å². The Bertz CT molecular complexity index is 657. The average Bonchev–Trinajstić information content (AvgIpc) is 3.04. The molecule has 1 atom stereocenters. The van der Waals surface area contributed by atoms with E-state index < -0.39 is 10.7 Å². The first kappa shape index (κ1) is 15.1. The lowest BCUT2D eigenvalue weighted by molar-refractivity contribution is -0.386. The van der Waals surface area contributed by atoms with Gasteiger partial charge in [-0.15, -0.1) is 11.3 Å². The Balaban J connectivity index is 2.08. The minimum atomic E-state index is -0.583. The maximum absolute atomic E-state index is 13.4. The quantitative estimate of drug-likeness (QED) is 0.695. The number of nitro groups is 1. The van der Waals surface area contributed by atoms with Crippen molar-refractivity contribution in [2.24, 2.45) is 0 Å². The van der Waals surface area contributed by atoms with Gasteiger partial charge in [-0.2, -0.15) is 0 Å². The van der Waals surface area contributed by atoms with Crippen LogP contribution in [0.15, 0.2) is 35.7 Å². The van der Waals surface area contributed by atoms with E-state index in [-0.39, 0.29) is 11.7 Å². The van der Waals surface area contributed by atoms with Gasteiger partial charge < -0.3 is 5.32 Å². The number of thiophene rings is 1. The van der Waals surface area contributed by atoms with Gasteiger partial charge >= 0.3 is 0 Å². The summed E-state index contributed by atoms with van der Waals surface area (Å²) in [6, 6.07) is 7.56. The van der Waals surface area contributed by atoms with E-state index in [1.165, 1.54) is 6.07 Å². The van der Waals surface area contributed by atoms with Gasteiger partial charge in [-0.3, -0.25) is 15.0 Å². The predicted octanol–water partition coefficient (Wildman–Crippen LogP) is 2.79. The zero-order chi connectivity index (χ0) is 15.5. The molecule has 0 spiro atoms. The number of nitrogens with zero attached hydrogens (tertiary/aromatic N) is 2. The molecule has 1 aromatic heterocycles. The molecule has 7 heteroatoms. The van der Waals surface area contributed by atoms with Crippen LogP contribution in [0.1, 0.15) is 16.5 Å². The molecule has 1 saturated heterocycles. The van der Waals surface area contributed by atoms with Crippen LogP contribution >= 0.6 is 11.3 Å². The third-order valence-corrected chi connectivity index (χ3v) is 4.74. The molecule has 5 nitrogen and oxygen atoms in total. The maximum Gasteiger partial charge on any atom is 0.277 e. The van der Waals surface area contributed by atoms with Crippen LogP contribution in [0.4, 0.5) is 10.1 Å². The van der Waals surface area contributed by atoms with Gasteiger partial charge in [0.05, 0.1) is 22.6 Å². The standard InChI is InChI=1S/C15H16FN3O2S/c16-11-3-4-12(13(10-11)19(20)21)15(14-2-1-9-22-14)18-7-5-17-6-8-18/h1-4,9-10,15,17H,5-8H2/t15-/m0/s1. The normalized spacial score (nSPS) is 17.3. The summed E-state index contributed by atoms with van der Waals surface area (Å²) in [5, 5.41) is 16.6. The summed E-state index contributed by atoms with van der Waals surface area (Å²) in [6.07, 6.45) is 0. The van der Waals surface area contributed by atoms with Gasteiger partial charge in [-0.1, -0.05) is 6.07 Å². The molecular weight excluding hydrogens is 305 g/mol. The van der Waals surface area contributed by atoms with E-state index in [9.17, 15) is 14.5 Å². The fourth-order valence-electron chi connectivity index (χ4n) is 2.82. The zero-order valence-corrected chi connectivity index (χ0v) is 12.7. The molecule has 1 N–H and O–H groups in total. The summed E-state index contributed by atoms with van der Waals surface area (Å²) >= 11 is 1.57. The lowest BCUT2D eigenvalue weighted by atomic mass is 10.0. The van der Waals surface area contributed by atoms with Crippen molar-refractivity contribution in [2.75, 3.05) is 26.2 Å². The molecule has 2 heterocycles. The molecular formula is C15H16FN3O2S. The lowest BCUT2D eigenvalue weighted by Gasteiger charge is -2.34. The first-order valence-electron chi connectivity index (χ1n) is 7.09. The predicted molar refractivity (Wildman–Crippen MR) is 83.7 cm³/mol. The van der Waals surface area contributed by atoms with Crippen molar-refractivity contribution in [3.8, 4) is 0 Å². The minimum absolute atomic E-state index is 0.156. The van der Waals surface area contributed by atoms with Crippen molar-refractivity contribution < 1.29 is 9.31 Å². The highest BCUT2D eigenvalue weighted by Crippen LogP contribution is 2.37. The van der Waals surface area contributed by atoms with Crippen LogP contribution in [0, 0.1) is 15.9 Å². The topological polar surface area (TPSA) is 58.4 Å². The second-order valence-corrected chi connectivity index (χ2v) is 6.14. The third-order valence-electron chi connectivity index (χ3n) is 3.81. The Kier molecular flexibility index (Phi) is 4.47. The van der Waals surface area contributed by atoms with Crippen molar-refractivity contribution in [1.29, 1.82) is 0 Å². The number of hydrogen-bond donors (Lipinski definition) is 1. The molecule has 22 heavy (non-hydrogen) atoms. The Morgan fingerprint density at radius 3 is 2.73 bits per heavy atom. The van der Waals surface area contributed by atoms with E-state index in [1.807, 2.05) is 17.5 Å². The SMILES string of the molecule is O=[N+]([O-])c1cc(F)ccc1[C@@H](c1cccs1)N1CCNCC1. The summed E-state index contributed by atoms with van der Waals surface area (Å²) in [4.78, 5) is 14.1. The van der Waals surface area contributed by atoms with Crippen LogP contribution in [0.5, 0.6) is 0 Å². The molecule has 2 aromatic rings. The second-order valence-electron chi connectivity index (χ2n) is 5.16. The van der Waals surface area contributed by atoms with Gasteiger partial charge in [0, 0.05) is 31.1 Å². The van der Waals surface area contributed by atoms with E-state index >= 15 is 0 Å². The Labute approximate surface area is 131 Å². The molecule has 0 amide bonds. The van der Waals surface area contributed by atoms with Crippen molar-refractivity contribution in [1.82, 2.24) is 10.2 Å². The van der Waals surface area contributed by atoms with Crippen LogP contribution in [-0.2, 0) is 0 Å². The van der Waals surface area contributed by atoms with Gasteiger partial charge in [-0.05, 0) is 23.6 Å². The van der Waals surface area contributed by atoms with Crippen molar-refractivity contribution in [2.45, 2.75) is 6.04 Å². The van der Waals surface area contributed by atoms with Crippen LogP contribution < -0.4 is 5.32 Å².